The Labute approximate surface area is 59.8 Å². The van der Waals surface area contributed by atoms with Crippen molar-refractivity contribution in [3.8, 4) is 0 Å². The number of nitrogens with zero attached hydrogens (tertiary/aromatic N) is 3. The molecular weight excluding hydrogens is 158 g/mol. The first kappa shape index (κ1) is 9.26. The lowest BCUT2D eigenvalue weighted by molar-refractivity contribution is -0.445. The molecule has 1 rings (SSSR count). The molecule has 0 aliphatic rings. The summed E-state index contributed by atoms with van der Waals surface area (Å²) < 4.78 is 4.05. The van der Waals surface area contributed by atoms with E-state index in [9.17, 15) is 10.1 Å². The highest BCUT2D eigenvalue weighted by Crippen LogP contribution is 1.95. The minimum Gasteiger partial charge on any atom is -0.320 e. The number of nitrogens with one attached hydrogen (secondary N) is 1. The van der Waals surface area contributed by atoms with Crippen molar-refractivity contribution in [3.05, 3.63) is 16.3 Å². The molecule has 11 heavy (non-hydrogen) atoms. The lowest BCUT2D eigenvalue weighted by Crippen LogP contribution is -2.07. The first-order valence-corrected chi connectivity index (χ1v) is 2.23. The zero-order chi connectivity index (χ0) is 8.69. The number of anilines is 1. The third-order valence-corrected chi connectivity index (χ3v) is 0.567. The van der Waals surface area contributed by atoms with Crippen LogP contribution in [0.1, 0.15) is 0 Å². The molecule has 1 aromatic heterocycles. The van der Waals surface area contributed by atoms with Crippen LogP contribution in [0, 0.1) is 10.1 Å². The van der Waals surface area contributed by atoms with Gasteiger partial charge in [-0.15, -0.1) is 0 Å². The summed E-state index contributed by atoms with van der Waals surface area (Å²) in [6.45, 7) is 0. The van der Waals surface area contributed by atoms with Crippen LogP contribution in [-0.4, -0.2) is 20.6 Å². The highest BCUT2D eigenvalue weighted by Gasteiger charge is 2.00. The maximum atomic E-state index is 9.65. The third-order valence-electron chi connectivity index (χ3n) is 0.567. The van der Waals surface area contributed by atoms with Crippen LogP contribution in [0.5, 0.6) is 0 Å². The Morgan fingerprint density at radius 2 is 2.45 bits per heavy atom. The van der Waals surface area contributed by atoms with E-state index >= 15 is 0 Å². The molecule has 62 valence electrons. The van der Waals surface area contributed by atoms with Crippen molar-refractivity contribution < 1.29 is 14.9 Å². The van der Waals surface area contributed by atoms with Crippen molar-refractivity contribution in [1.29, 1.82) is 0 Å². The molecule has 1 heterocycles. The molecule has 0 saturated heterocycles. The Balaban J connectivity index is 0.000000461. The molecule has 0 spiro atoms. The first-order valence-electron chi connectivity index (χ1n) is 2.23. The second-order valence-electron chi connectivity index (χ2n) is 1.16. The molecule has 4 N–H and O–H groups in total. The Kier molecular flexibility index (Phi) is 4.27. The van der Waals surface area contributed by atoms with Crippen molar-refractivity contribution in [2.75, 3.05) is 5.43 Å². The molecule has 0 aliphatic heterocycles. The fraction of sp³-hybridized carbons (Fsp3) is 0. The molecule has 0 bridgehead atoms. The van der Waals surface area contributed by atoms with Gasteiger partial charge in [-0.2, -0.15) is 0 Å². The van der Waals surface area contributed by atoms with Crippen LogP contribution in [0.4, 0.5) is 5.82 Å². The molecule has 9 nitrogen and oxygen atoms in total. The van der Waals surface area contributed by atoms with E-state index < -0.39 is 5.03 Å². The Morgan fingerprint density at radius 1 is 1.82 bits per heavy atom. The standard InChI is InChI=1S/C2H2N4O3.H3NO/c7-6(8)4-2-1-3-9-5-2;1-2/h1H,(H,4,5);2H,1H2. The summed E-state index contributed by atoms with van der Waals surface area (Å²) in [5.41, 5.74) is 1.74. The highest BCUT2D eigenvalue weighted by molar-refractivity contribution is 5.23. The summed E-state index contributed by atoms with van der Waals surface area (Å²) in [7, 11) is 0. The Morgan fingerprint density at radius 3 is 2.82 bits per heavy atom. The van der Waals surface area contributed by atoms with Gasteiger partial charge in [0.2, 0.25) is 0 Å². The van der Waals surface area contributed by atoms with Crippen LogP contribution >= 0.6 is 0 Å². The number of nitro groups is 1. The molecule has 0 fully saturated rings. The topological polar surface area (TPSA) is 140 Å². The van der Waals surface area contributed by atoms with Gasteiger partial charge in [-0.05, 0) is 5.16 Å². The molecule has 0 atom stereocenters. The van der Waals surface area contributed by atoms with Crippen molar-refractivity contribution in [2.24, 2.45) is 5.90 Å². The molecule has 0 unspecified atom stereocenters. The number of aromatic nitrogens is 2. The molecular formula is C2H5N5O4. The van der Waals surface area contributed by atoms with Gasteiger partial charge in [0, 0.05) is 0 Å². The summed E-state index contributed by atoms with van der Waals surface area (Å²) in [5.74, 6) is 3.49. The Bertz CT molecular complexity index is 196. The average molecular weight is 163 g/mol. The van der Waals surface area contributed by atoms with Crippen molar-refractivity contribution in [2.45, 2.75) is 0 Å². The van der Waals surface area contributed by atoms with Gasteiger partial charge in [-0.25, -0.2) is 20.6 Å². The van der Waals surface area contributed by atoms with Crippen LogP contribution in [-0.2, 0) is 0 Å². The maximum absolute atomic E-state index is 9.65. The average Bonchev–Trinajstić information content (AvgIpc) is 2.43. The van der Waals surface area contributed by atoms with Crippen molar-refractivity contribution in [1.82, 2.24) is 10.3 Å². The van der Waals surface area contributed by atoms with Gasteiger partial charge in [-0.3, -0.25) is 0 Å². The molecule has 0 aliphatic carbocycles. The van der Waals surface area contributed by atoms with E-state index in [0.29, 0.717) is 0 Å². The van der Waals surface area contributed by atoms with E-state index in [4.69, 9.17) is 5.21 Å². The summed E-state index contributed by atoms with van der Waals surface area (Å²) in [6, 6.07) is 0. The second kappa shape index (κ2) is 5.08. The van der Waals surface area contributed by atoms with Crippen LogP contribution < -0.4 is 11.3 Å². The highest BCUT2D eigenvalue weighted by atomic mass is 16.7. The smallest absolute Gasteiger partial charge is 0.253 e. The molecule has 0 amide bonds. The fourth-order valence-electron chi connectivity index (χ4n) is 0.307. The number of hydrogen-bond acceptors (Lipinski definition) is 7. The minimum atomic E-state index is -0.750. The van der Waals surface area contributed by atoms with Gasteiger partial charge in [0.15, 0.2) is 5.03 Å². The third kappa shape index (κ3) is 3.77. The predicted octanol–water partition coefficient (Wildman–Crippen LogP) is -0.993. The lowest BCUT2D eigenvalue weighted by Gasteiger charge is -1.83. The minimum absolute atomic E-state index is 0.0139. The van der Waals surface area contributed by atoms with Gasteiger partial charge < -0.3 is 5.21 Å². The quantitative estimate of drug-likeness (QED) is 0.372. The van der Waals surface area contributed by atoms with Gasteiger partial charge in [0.25, 0.3) is 5.82 Å². The Hall–Kier alpha value is -1.74. The zero-order valence-corrected chi connectivity index (χ0v) is 5.17. The zero-order valence-electron chi connectivity index (χ0n) is 5.17. The summed E-state index contributed by atoms with van der Waals surface area (Å²) in [5, 5.41) is 21.6. The lowest BCUT2D eigenvalue weighted by atomic mass is 10.8. The number of hydrogen-bond donors (Lipinski definition) is 3. The van der Waals surface area contributed by atoms with E-state index in [1.54, 1.807) is 5.43 Å². The van der Waals surface area contributed by atoms with Crippen molar-refractivity contribution >= 4 is 5.82 Å². The molecule has 9 heteroatoms. The normalized spacial score (nSPS) is 7.82. The number of hydrazine groups is 1. The van der Waals surface area contributed by atoms with E-state index in [1.807, 2.05) is 0 Å². The second-order valence-corrected chi connectivity index (χ2v) is 1.16. The number of rotatable bonds is 2. The fourth-order valence-corrected chi connectivity index (χ4v) is 0.307. The van der Waals surface area contributed by atoms with Crippen LogP contribution in [0.3, 0.4) is 0 Å². The maximum Gasteiger partial charge on any atom is 0.253 e. The van der Waals surface area contributed by atoms with E-state index in [2.05, 4.69) is 20.8 Å². The van der Waals surface area contributed by atoms with Crippen LogP contribution in [0.2, 0.25) is 0 Å². The van der Waals surface area contributed by atoms with E-state index in [0.717, 1.165) is 6.20 Å². The molecule has 1 aromatic rings. The largest absolute Gasteiger partial charge is 0.320 e. The van der Waals surface area contributed by atoms with Gasteiger partial charge in [-0.1, -0.05) is 10.6 Å². The molecule has 0 saturated carbocycles. The molecule has 0 radical (unpaired) electrons. The van der Waals surface area contributed by atoms with Crippen LogP contribution in [0.25, 0.3) is 0 Å². The van der Waals surface area contributed by atoms with E-state index in [1.165, 1.54) is 0 Å². The van der Waals surface area contributed by atoms with Gasteiger partial charge in [0.05, 0.1) is 0 Å². The summed E-state index contributed by atoms with van der Waals surface area (Å²) in [4.78, 5) is 9.65. The monoisotopic (exact) mass is 163 g/mol. The predicted molar refractivity (Wildman–Crippen MR) is 30.9 cm³/mol. The van der Waals surface area contributed by atoms with Crippen molar-refractivity contribution in [3.63, 3.8) is 0 Å². The van der Waals surface area contributed by atoms with E-state index in [-0.39, 0.29) is 5.82 Å². The first-order chi connectivity index (χ1) is 5.29. The summed E-state index contributed by atoms with van der Waals surface area (Å²) in [6.07, 6.45) is 1.10. The van der Waals surface area contributed by atoms with Gasteiger partial charge >= 0.3 is 0 Å². The SMILES string of the molecule is NO.O=[N+]([O-])Nc1cnon1. The molecule has 0 aromatic carbocycles. The number of nitrogens with two attached hydrogens (primary N) is 1. The van der Waals surface area contributed by atoms with Gasteiger partial charge in [0.1, 0.15) is 6.20 Å². The summed E-state index contributed by atoms with van der Waals surface area (Å²) >= 11 is 0. The van der Waals surface area contributed by atoms with Crippen LogP contribution in [0.15, 0.2) is 10.8 Å².